The molecule has 1 saturated heterocycles. The molecule has 1 saturated carbocycles. The molecule has 31 heavy (non-hydrogen) atoms. The van der Waals surface area contributed by atoms with Gasteiger partial charge < -0.3 is 14.7 Å². The Kier molecular flexibility index (Phi) is 5.59. The number of hydrogen-bond donors (Lipinski definition) is 1. The second-order valence-corrected chi connectivity index (χ2v) is 8.69. The van der Waals surface area contributed by atoms with E-state index < -0.39 is 0 Å². The van der Waals surface area contributed by atoms with Crippen LogP contribution in [0.1, 0.15) is 25.7 Å². The molecule has 5 rings (SSSR count). The number of rotatable bonds is 6. The highest BCUT2D eigenvalue weighted by molar-refractivity contribution is 6.30. The van der Waals surface area contributed by atoms with Crippen molar-refractivity contribution in [2.75, 3.05) is 24.5 Å². The van der Waals surface area contributed by atoms with Gasteiger partial charge in [0, 0.05) is 42.3 Å². The third-order valence-electron chi connectivity index (χ3n) is 5.95. The molecule has 8 heteroatoms. The first-order valence-corrected chi connectivity index (χ1v) is 11.1. The summed E-state index contributed by atoms with van der Waals surface area (Å²) in [7, 11) is 0. The SMILES string of the molecule is O=C(NCC1CC1)C1CCN(c2ncccc2-c2nc(-c3cccc(Cl)c3)no2)CC1. The average molecular weight is 438 g/mol. The first-order valence-electron chi connectivity index (χ1n) is 10.7. The highest BCUT2D eigenvalue weighted by atomic mass is 35.5. The van der Waals surface area contributed by atoms with Crippen molar-refractivity contribution in [2.45, 2.75) is 25.7 Å². The smallest absolute Gasteiger partial charge is 0.261 e. The maximum absolute atomic E-state index is 12.4. The minimum absolute atomic E-state index is 0.0694. The van der Waals surface area contributed by atoms with Gasteiger partial charge in [0.05, 0.1) is 5.56 Å². The molecule has 7 nitrogen and oxygen atoms in total. The Morgan fingerprint density at radius 1 is 1.16 bits per heavy atom. The zero-order valence-electron chi connectivity index (χ0n) is 17.1. The molecule has 3 aromatic rings. The van der Waals surface area contributed by atoms with Crippen LogP contribution in [-0.2, 0) is 4.79 Å². The van der Waals surface area contributed by atoms with Crippen molar-refractivity contribution in [2.24, 2.45) is 11.8 Å². The molecule has 1 aliphatic heterocycles. The summed E-state index contributed by atoms with van der Waals surface area (Å²) in [4.78, 5) is 23.8. The Morgan fingerprint density at radius 3 is 2.77 bits per heavy atom. The molecule has 160 valence electrons. The highest BCUT2D eigenvalue weighted by Gasteiger charge is 2.29. The minimum atomic E-state index is 0.0694. The van der Waals surface area contributed by atoms with Gasteiger partial charge >= 0.3 is 0 Å². The molecule has 1 amide bonds. The lowest BCUT2D eigenvalue weighted by Crippen LogP contribution is -2.41. The topological polar surface area (TPSA) is 84.2 Å². The fourth-order valence-corrected chi connectivity index (χ4v) is 4.15. The van der Waals surface area contributed by atoms with Crippen molar-refractivity contribution < 1.29 is 9.32 Å². The van der Waals surface area contributed by atoms with Gasteiger partial charge in [-0.3, -0.25) is 4.79 Å². The monoisotopic (exact) mass is 437 g/mol. The summed E-state index contributed by atoms with van der Waals surface area (Å²) in [5.41, 5.74) is 1.59. The van der Waals surface area contributed by atoms with Gasteiger partial charge in [0.15, 0.2) is 0 Å². The van der Waals surface area contributed by atoms with Crippen molar-refractivity contribution in [3.05, 3.63) is 47.6 Å². The van der Waals surface area contributed by atoms with E-state index in [1.807, 2.05) is 24.3 Å². The van der Waals surface area contributed by atoms with Crippen molar-refractivity contribution >= 4 is 23.3 Å². The number of nitrogens with zero attached hydrogens (tertiary/aromatic N) is 4. The van der Waals surface area contributed by atoms with E-state index in [4.69, 9.17) is 16.1 Å². The summed E-state index contributed by atoms with van der Waals surface area (Å²) >= 11 is 6.09. The number of piperidine rings is 1. The first-order chi connectivity index (χ1) is 15.2. The lowest BCUT2D eigenvalue weighted by Gasteiger charge is -2.32. The van der Waals surface area contributed by atoms with Crippen LogP contribution in [0.3, 0.4) is 0 Å². The number of benzene rings is 1. The maximum Gasteiger partial charge on any atom is 0.261 e. The number of hydrogen-bond acceptors (Lipinski definition) is 6. The molecule has 0 bridgehead atoms. The van der Waals surface area contributed by atoms with Gasteiger partial charge in [-0.25, -0.2) is 4.98 Å². The van der Waals surface area contributed by atoms with Crippen LogP contribution in [0, 0.1) is 11.8 Å². The largest absolute Gasteiger partial charge is 0.356 e. The van der Waals surface area contributed by atoms with Gasteiger partial charge in [0.25, 0.3) is 5.89 Å². The average Bonchev–Trinajstić information content (AvgIpc) is 3.51. The second kappa shape index (κ2) is 8.67. The molecule has 0 spiro atoms. The molecule has 2 fully saturated rings. The van der Waals surface area contributed by atoms with E-state index in [0.29, 0.717) is 22.7 Å². The van der Waals surface area contributed by atoms with E-state index in [-0.39, 0.29) is 11.8 Å². The Hall–Kier alpha value is -2.93. The number of pyridine rings is 1. The standard InChI is InChI=1S/C23H24ClN5O2/c24-18-4-1-3-17(13-18)20-27-23(31-28-20)19-5-2-10-25-21(19)29-11-8-16(9-12-29)22(30)26-14-15-6-7-15/h1-5,10,13,15-16H,6-9,11-12,14H2,(H,26,30). The summed E-state index contributed by atoms with van der Waals surface area (Å²) in [6.07, 6.45) is 5.88. The zero-order chi connectivity index (χ0) is 21.2. The number of nitrogens with one attached hydrogen (secondary N) is 1. The Labute approximate surface area is 185 Å². The Bertz CT molecular complexity index is 1070. The molecule has 1 N–H and O–H groups in total. The molecular weight excluding hydrogens is 414 g/mol. The minimum Gasteiger partial charge on any atom is -0.356 e. The summed E-state index contributed by atoms with van der Waals surface area (Å²) in [5.74, 6) is 2.67. The van der Waals surface area contributed by atoms with Crippen LogP contribution in [0.4, 0.5) is 5.82 Å². The predicted octanol–water partition coefficient (Wildman–Crippen LogP) is 4.19. The van der Waals surface area contributed by atoms with Gasteiger partial charge in [0.2, 0.25) is 11.7 Å². The van der Waals surface area contributed by atoms with Gasteiger partial charge in [-0.15, -0.1) is 0 Å². The first kappa shape index (κ1) is 20.0. The van der Waals surface area contributed by atoms with E-state index in [9.17, 15) is 4.79 Å². The summed E-state index contributed by atoms with van der Waals surface area (Å²) in [6.45, 7) is 2.36. The molecule has 1 aliphatic carbocycles. The summed E-state index contributed by atoms with van der Waals surface area (Å²) in [5, 5.41) is 7.85. The van der Waals surface area contributed by atoms with Crippen LogP contribution in [0.2, 0.25) is 5.02 Å². The number of carbonyl (C=O) groups is 1. The zero-order valence-corrected chi connectivity index (χ0v) is 17.9. The van der Waals surface area contributed by atoms with E-state index in [0.717, 1.165) is 49.4 Å². The van der Waals surface area contributed by atoms with E-state index in [1.54, 1.807) is 18.3 Å². The predicted molar refractivity (Wildman–Crippen MR) is 119 cm³/mol. The summed E-state index contributed by atoms with van der Waals surface area (Å²) in [6, 6.07) is 11.2. The maximum atomic E-state index is 12.4. The highest BCUT2D eigenvalue weighted by Crippen LogP contribution is 2.32. The van der Waals surface area contributed by atoms with E-state index in [2.05, 4.69) is 25.3 Å². The molecule has 0 unspecified atom stereocenters. The Balaban J connectivity index is 1.29. The van der Waals surface area contributed by atoms with Crippen molar-refractivity contribution in [3.8, 4) is 22.8 Å². The van der Waals surface area contributed by atoms with Crippen LogP contribution < -0.4 is 10.2 Å². The van der Waals surface area contributed by atoms with Gasteiger partial charge in [-0.1, -0.05) is 28.9 Å². The van der Waals surface area contributed by atoms with Crippen molar-refractivity contribution in [3.63, 3.8) is 0 Å². The van der Waals surface area contributed by atoms with Crippen molar-refractivity contribution in [1.29, 1.82) is 0 Å². The quantitative estimate of drug-likeness (QED) is 0.622. The van der Waals surface area contributed by atoms with E-state index >= 15 is 0 Å². The molecule has 3 heterocycles. The van der Waals surface area contributed by atoms with Crippen LogP contribution in [0.15, 0.2) is 47.1 Å². The third-order valence-corrected chi connectivity index (χ3v) is 6.19. The summed E-state index contributed by atoms with van der Waals surface area (Å²) < 4.78 is 5.56. The van der Waals surface area contributed by atoms with Crippen LogP contribution >= 0.6 is 11.6 Å². The lowest BCUT2D eigenvalue weighted by molar-refractivity contribution is -0.125. The fourth-order valence-electron chi connectivity index (χ4n) is 3.96. The molecule has 1 aromatic carbocycles. The van der Waals surface area contributed by atoms with Crippen LogP contribution in [-0.4, -0.2) is 40.7 Å². The number of anilines is 1. The van der Waals surface area contributed by atoms with E-state index in [1.165, 1.54) is 12.8 Å². The molecule has 0 atom stereocenters. The van der Waals surface area contributed by atoms with Crippen LogP contribution in [0.25, 0.3) is 22.8 Å². The normalized spacial score (nSPS) is 17.0. The third kappa shape index (κ3) is 4.56. The molecule has 2 aromatic heterocycles. The number of amides is 1. The van der Waals surface area contributed by atoms with Crippen LogP contribution in [0.5, 0.6) is 0 Å². The fraction of sp³-hybridized carbons (Fsp3) is 0.391. The molecule has 0 radical (unpaired) electrons. The van der Waals surface area contributed by atoms with Gasteiger partial charge in [-0.05, 0) is 55.9 Å². The number of aromatic nitrogens is 3. The molecule has 2 aliphatic rings. The second-order valence-electron chi connectivity index (χ2n) is 8.26. The molecular formula is C23H24ClN5O2. The van der Waals surface area contributed by atoms with Gasteiger partial charge in [0.1, 0.15) is 5.82 Å². The van der Waals surface area contributed by atoms with Gasteiger partial charge in [-0.2, -0.15) is 4.98 Å². The van der Waals surface area contributed by atoms with Crippen molar-refractivity contribution in [1.82, 2.24) is 20.4 Å². The number of halogens is 1. The lowest BCUT2D eigenvalue weighted by atomic mass is 9.95. The number of carbonyl (C=O) groups excluding carboxylic acids is 1. The Morgan fingerprint density at radius 2 is 2.00 bits per heavy atom.